The van der Waals surface area contributed by atoms with Gasteiger partial charge in [-0.15, -0.1) is 10.2 Å². The maximum Gasteiger partial charge on any atom is 0.215 e. The Bertz CT molecular complexity index is 943. The van der Waals surface area contributed by atoms with Gasteiger partial charge in [-0.25, -0.2) is 4.98 Å². The topological polar surface area (TPSA) is 64.0 Å². The fourth-order valence-electron chi connectivity index (χ4n) is 2.44. The highest BCUT2D eigenvalue weighted by atomic mass is 79.9. The second-order valence-corrected chi connectivity index (χ2v) is 15.7. The van der Waals surface area contributed by atoms with E-state index in [2.05, 4.69) is 64.6 Å². The second kappa shape index (κ2) is 8.94. The lowest BCUT2D eigenvalue weighted by Gasteiger charge is -2.22. The molecule has 3 rings (SSSR count). The van der Waals surface area contributed by atoms with Crippen LogP contribution in [0.25, 0.3) is 11.0 Å². The zero-order chi connectivity index (χ0) is 20.3. The van der Waals surface area contributed by atoms with Gasteiger partial charge in [0.1, 0.15) is 17.6 Å². The lowest BCUT2D eigenvalue weighted by Crippen LogP contribution is -2.26. The van der Waals surface area contributed by atoms with E-state index in [1.807, 2.05) is 23.1 Å². The van der Waals surface area contributed by atoms with Crippen molar-refractivity contribution < 1.29 is 4.74 Å². The highest BCUT2D eigenvalue weighted by Gasteiger charge is 2.19. The van der Waals surface area contributed by atoms with Gasteiger partial charge in [-0.05, 0) is 40.2 Å². The average Bonchev–Trinajstić information content (AvgIpc) is 3.10. The van der Waals surface area contributed by atoms with E-state index < -0.39 is 8.07 Å². The van der Waals surface area contributed by atoms with Crippen LogP contribution in [0, 0.1) is 0 Å². The van der Waals surface area contributed by atoms with Crippen LogP contribution < -0.4 is 4.90 Å². The molecule has 0 aromatic carbocycles. The van der Waals surface area contributed by atoms with Gasteiger partial charge >= 0.3 is 0 Å². The van der Waals surface area contributed by atoms with Crippen LogP contribution in [0.4, 0.5) is 10.9 Å². The van der Waals surface area contributed by atoms with E-state index in [0.29, 0.717) is 12.6 Å². The molecule has 0 radical (unpaired) electrons. The number of halogens is 1. The Morgan fingerprint density at radius 1 is 1.18 bits per heavy atom. The highest BCUT2D eigenvalue weighted by Crippen LogP contribution is 2.31. The fraction of sp³-hybridized carbons (Fsp3) is 0.474. The second-order valence-electron chi connectivity index (χ2n) is 8.21. The van der Waals surface area contributed by atoms with Crippen molar-refractivity contribution in [1.82, 2.24) is 20.2 Å². The molecule has 3 heterocycles. The van der Waals surface area contributed by atoms with Crippen LogP contribution in [0.3, 0.4) is 0 Å². The summed E-state index contributed by atoms with van der Waals surface area (Å²) in [6.45, 7) is 12.4. The Morgan fingerprint density at radius 2 is 1.96 bits per heavy atom. The summed E-state index contributed by atoms with van der Waals surface area (Å²) in [5.41, 5.74) is 1.68. The molecule has 0 amide bonds. The maximum atomic E-state index is 6.02. The predicted molar refractivity (Wildman–Crippen MR) is 122 cm³/mol. The first-order chi connectivity index (χ1) is 13.2. The molecule has 0 atom stereocenters. The van der Waals surface area contributed by atoms with Crippen LogP contribution in [0.15, 0.2) is 28.9 Å². The molecule has 0 saturated heterocycles. The van der Waals surface area contributed by atoms with Crippen LogP contribution >= 0.6 is 27.3 Å². The Balaban J connectivity index is 1.88. The molecule has 0 aliphatic rings. The van der Waals surface area contributed by atoms with Gasteiger partial charge in [0, 0.05) is 31.3 Å². The van der Waals surface area contributed by atoms with Gasteiger partial charge in [0.2, 0.25) is 5.13 Å². The van der Waals surface area contributed by atoms with Crippen molar-refractivity contribution in [1.29, 1.82) is 0 Å². The van der Waals surface area contributed by atoms with Crippen molar-refractivity contribution in [2.75, 3.05) is 18.2 Å². The molecule has 28 heavy (non-hydrogen) atoms. The van der Waals surface area contributed by atoms with Gasteiger partial charge in [-0.2, -0.15) is 0 Å². The van der Waals surface area contributed by atoms with E-state index >= 15 is 0 Å². The molecule has 0 spiro atoms. The highest BCUT2D eigenvalue weighted by molar-refractivity contribution is 9.10. The molecule has 9 heteroatoms. The third kappa shape index (κ3) is 5.56. The number of hydrogen-bond acceptors (Lipinski definition) is 7. The normalized spacial score (nSPS) is 12.1. The number of ether oxygens (including phenoxy) is 1. The van der Waals surface area contributed by atoms with Gasteiger partial charge < -0.3 is 4.74 Å². The van der Waals surface area contributed by atoms with Crippen molar-refractivity contribution in [2.24, 2.45) is 0 Å². The molecule has 0 fully saturated rings. The molecule has 0 bridgehead atoms. The lowest BCUT2D eigenvalue weighted by molar-refractivity contribution is 0.153. The first-order valence-electron chi connectivity index (χ1n) is 9.34. The molecule has 0 saturated carbocycles. The summed E-state index contributed by atoms with van der Waals surface area (Å²) in [7, 11) is -1.14. The first-order valence-corrected chi connectivity index (χ1v) is 14.7. The zero-order valence-corrected chi connectivity index (χ0v) is 20.3. The summed E-state index contributed by atoms with van der Waals surface area (Å²) in [4.78, 5) is 11.2. The van der Waals surface area contributed by atoms with Gasteiger partial charge in [0.05, 0.1) is 11.0 Å². The van der Waals surface area contributed by atoms with Crippen LogP contribution in [-0.4, -0.2) is 41.6 Å². The summed E-state index contributed by atoms with van der Waals surface area (Å²) in [6.07, 6.45) is 1.78. The van der Waals surface area contributed by atoms with Crippen LogP contribution in [-0.2, 0) is 4.74 Å². The molecule has 150 valence electrons. The van der Waals surface area contributed by atoms with Crippen molar-refractivity contribution in [3.8, 4) is 0 Å². The standard InChI is InChI=1S/C19H26BrN5OSSi/c1-13(2)18-23-24-19(27-18)25(12-26-8-9-28(3,4)5)17-7-6-15-16(22-17)10-14(20)11-21-15/h6-7,10-11,13H,8-9,12H2,1-5H3. The SMILES string of the molecule is CC(C)c1nnc(N(COCC[Si](C)(C)C)c2ccc3ncc(Br)cc3n2)s1. The Hall–Kier alpha value is -1.42. The van der Waals surface area contributed by atoms with E-state index in [1.165, 1.54) is 0 Å². The van der Waals surface area contributed by atoms with Gasteiger partial charge in [-0.1, -0.05) is 44.8 Å². The van der Waals surface area contributed by atoms with Crippen molar-refractivity contribution in [3.63, 3.8) is 0 Å². The van der Waals surface area contributed by atoms with E-state index in [1.54, 1.807) is 17.5 Å². The molecule has 0 unspecified atom stereocenters. The van der Waals surface area contributed by atoms with E-state index in [9.17, 15) is 0 Å². The molecule has 3 aromatic rings. The third-order valence-corrected chi connectivity index (χ3v) is 7.52. The maximum absolute atomic E-state index is 6.02. The summed E-state index contributed by atoms with van der Waals surface area (Å²) < 4.78 is 6.92. The van der Waals surface area contributed by atoms with Gasteiger partial charge in [0.25, 0.3) is 0 Å². The molecule has 3 aromatic heterocycles. The van der Waals surface area contributed by atoms with Gasteiger partial charge in [-0.3, -0.25) is 9.88 Å². The fourth-order valence-corrected chi connectivity index (χ4v) is 4.36. The van der Waals surface area contributed by atoms with Gasteiger partial charge in [0.15, 0.2) is 0 Å². The van der Waals surface area contributed by atoms with Crippen molar-refractivity contribution in [2.45, 2.75) is 45.5 Å². The number of anilines is 2. The minimum absolute atomic E-state index is 0.339. The zero-order valence-electron chi connectivity index (χ0n) is 16.9. The first kappa shape index (κ1) is 21.3. The smallest absolute Gasteiger partial charge is 0.215 e. The molecular formula is C19H26BrN5OSSi. The van der Waals surface area contributed by atoms with E-state index in [-0.39, 0.29) is 0 Å². The Morgan fingerprint density at radius 3 is 2.64 bits per heavy atom. The van der Waals surface area contributed by atoms with Crippen molar-refractivity contribution >= 4 is 57.3 Å². The largest absolute Gasteiger partial charge is 0.361 e. The van der Waals surface area contributed by atoms with Crippen molar-refractivity contribution in [3.05, 3.63) is 33.9 Å². The Kier molecular flexibility index (Phi) is 6.80. The predicted octanol–water partition coefficient (Wildman–Crippen LogP) is 5.82. The molecule has 0 N–H and O–H groups in total. The molecular weight excluding hydrogens is 454 g/mol. The summed E-state index contributed by atoms with van der Waals surface area (Å²) in [5.74, 6) is 1.12. The van der Waals surface area contributed by atoms with Crippen LogP contribution in [0.1, 0.15) is 24.8 Å². The summed E-state index contributed by atoms with van der Waals surface area (Å²) in [6, 6.07) is 7.02. The molecule has 0 aliphatic carbocycles. The summed E-state index contributed by atoms with van der Waals surface area (Å²) in [5, 5.41) is 10.5. The minimum Gasteiger partial charge on any atom is -0.361 e. The number of rotatable bonds is 8. The number of nitrogens with zero attached hydrogens (tertiary/aromatic N) is 5. The lowest BCUT2D eigenvalue weighted by atomic mass is 10.2. The van der Waals surface area contributed by atoms with E-state index in [4.69, 9.17) is 9.72 Å². The van der Waals surface area contributed by atoms with Crippen LogP contribution in [0.2, 0.25) is 25.7 Å². The molecule has 6 nitrogen and oxygen atoms in total. The van der Waals surface area contributed by atoms with Crippen LogP contribution in [0.5, 0.6) is 0 Å². The quantitative estimate of drug-likeness (QED) is 0.230. The summed E-state index contributed by atoms with van der Waals surface area (Å²) >= 11 is 5.05. The number of hydrogen-bond donors (Lipinski definition) is 0. The average molecular weight is 481 g/mol. The minimum atomic E-state index is -1.14. The Labute approximate surface area is 179 Å². The van der Waals surface area contributed by atoms with E-state index in [0.717, 1.165) is 44.1 Å². The third-order valence-electron chi connectivity index (χ3n) is 4.14. The number of pyridine rings is 2. The molecule has 0 aliphatic heterocycles. The number of aromatic nitrogens is 4. The number of fused-ring (bicyclic) bond motifs is 1. The monoisotopic (exact) mass is 479 g/mol.